The van der Waals surface area contributed by atoms with Crippen LogP contribution < -0.4 is 21.3 Å². The van der Waals surface area contributed by atoms with Crippen LogP contribution in [0.25, 0.3) is 10.2 Å². The first-order chi connectivity index (χ1) is 15.0. The first-order valence-corrected chi connectivity index (χ1v) is 11.2. The number of nitrogens with one attached hydrogen (secondary N) is 2. The number of carbonyl (C=O) groups excluding carboxylic acids is 1. The predicted molar refractivity (Wildman–Crippen MR) is 121 cm³/mol. The Morgan fingerprint density at radius 1 is 1.26 bits per heavy atom. The second-order valence-electron chi connectivity index (χ2n) is 7.49. The van der Waals surface area contributed by atoms with Crippen LogP contribution in [0.4, 0.5) is 20.2 Å². The van der Waals surface area contributed by atoms with Gasteiger partial charge in [-0.3, -0.25) is 4.79 Å². The van der Waals surface area contributed by atoms with E-state index in [-0.39, 0.29) is 30.1 Å². The van der Waals surface area contributed by atoms with Gasteiger partial charge in [0.05, 0.1) is 11.4 Å². The largest absolute Gasteiger partial charge is 0.397 e. The van der Waals surface area contributed by atoms with E-state index in [1.807, 2.05) is 24.0 Å². The molecule has 3 heterocycles. The van der Waals surface area contributed by atoms with Gasteiger partial charge < -0.3 is 21.3 Å². The fourth-order valence-electron chi connectivity index (χ4n) is 3.71. The zero-order valence-electron chi connectivity index (χ0n) is 17.3. The molecule has 1 saturated heterocycles. The quantitative estimate of drug-likeness (QED) is 0.543. The molecule has 0 unspecified atom stereocenters. The van der Waals surface area contributed by atoms with Gasteiger partial charge in [0.1, 0.15) is 21.3 Å². The van der Waals surface area contributed by atoms with E-state index in [9.17, 15) is 13.6 Å². The van der Waals surface area contributed by atoms with E-state index < -0.39 is 11.6 Å². The van der Waals surface area contributed by atoms with Gasteiger partial charge in [-0.25, -0.2) is 13.8 Å². The summed E-state index contributed by atoms with van der Waals surface area (Å²) >= 11 is 1.24. The van der Waals surface area contributed by atoms with Crippen molar-refractivity contribution in [3.8, 4) is 0 Å². The average Bonchev–Trinajstić information content (AvgIpc) is 3.12. The molecule has 4 N–H and O–H groups in total. The lowest BCUT2D eigenvalue weighted by Crippen LogP contribution is -2.44. The minimum atomic E-state index is -0.471. The molecule has 3 aromatic rings. The van der Waals surface area contributed by atoms with Gasteiger partial charge in [-0.1, -0.05) is 6.92 Å². The third-order valence-electron chi connectivity index (χ3n) is 5.47. The molecular weight excluding hydrogens is 420 g/mol. The number of nitrogen functional groups attached to an aromatic ring is 1. The second kappa shape index (κ2) is 9.15. The summed E-state index contributed by atoms with van der Waals surface area (Å²) in [7, 11) is 0. The zero-order chi connectivity index (χ0) is 22.0. The highest BCUT2D eigenvalue weighted by Crippen LogP contribution is 2.32. The predicted octanol–water partition coefficient (Wildman–Crippen LogP) is 3.10. The molecule has 4 rings (SSSR count). The van der Waals surface area contributed by atoms with E-state index >= 15 is 0 Å². The summed E-state index contributed by atoms with van der Waals surface area (Å²) < 4.78 is 29.1. The summed E-state index contributed by atoms with van der Waals surface area (Å²) in [5.41, 5.74) is 7.98. The lowest BCUT2D eigenvalue weighted by molar-refractivity contribution is 0.0959. The third kappa shape index (κ3) is 4.47. The highest BCUT2D eigenvalue weighted by Gasteiger charge is 2.19. The van der Waals surface area contributed by atoms with Gasteiger partial charge in [-0.15, -0.1) is 11.3 Å². The maximum atomic E-state index is 14.6. The molecule has 0 radical (unpaired) electrons. The van der Waals surface area contributed by atoms with Crippen molar-refractivity contribution in [2.45, 2.75) is 19.8 Å². The van der Waals surface area contributed by atoms with Gasteiger partial charge in [0, 0.05) is 49.9 Å². The number of halogens is 2. The van der Waals surface area contributed by atoms with Crippen molar-refractivity contribution in [2.75, 3.05) is 43.4 Å². The van der Waals surface area contributed by atoms with Crippen LogP contribution in [0.2, 0.25) is 0 Å². The molecular formula is C22H25F2N5OS. The number of hydrogen-bond donors (Lipinski definition) is 3. The topological polar surface area (TPSA) is 83.3 Å². The summed E-state index contributed by atoms with van der Waals surface area (Å²) in [6, 6.07) is 6.25. The zero-order valence-corrected chi connectivity index (χ0v) is 18.1. The first kappa shape index (κ1) is 21.5. The molecule has 0 saturated carbocycles. The molecule has 0 atom stereocenters. The number of hydrogen-bond acceptors (Lipinski definition) is 6. The summed E-state index contributed by atoms with van der Waals surface area (Å²) in [4.78, 5) is 20.1. The van der Waals surface area contributed by atoms with Crippen LogP contribution in [0.5, 0.6) is 0 Å². The molecule has 0 spiro atoms. The Balaban J connectivity index is 1.42. The molecule has 6 nitrogen and oxygen atoms in total. The fraction of sp³-hybridized carbons (Fsp3) is 0.364. The third-order valence-corrected chi connectivity index (χ3v) is 6.59. The Hall–Kier alpha value is -2.78. The SMILES string of the molecule is CCc1ccc2c(N)c(C(=O)NCCc3cc(F)c(N4CCNCC4)cc3F)sc2n1. The van der Waals surface area contributed by atoms with Crippen LogP contribution in [0.15, 0.2) is 24.3 Å². The van der Waals surface area contributed by atoms with Crippen molar-refractivity contribution in [3.05, 3.63) is 52.0 Å². The molecule has 9 heteroatoms. The summed E-state index contributed by atoms with van der Waals surface area (Å²) in [6.45, 7) is 4.93. The van der Waals surface area contributed by atoms with Crippen LogP contribution in [0.1, 0.15) is 27.9 Å². The van der Waals surface area contributed by atoms with Crippen molar-refractivity contribution >= 4 is 38.8 Å². The van der Waals surface area contributed by atoms with Crippen LogP contribution >= 0.6 is 11.3 Å². The Morgan fingerprint density at radius 3 is 2.77 bits per heavy atom. The number of anilines is 2. The van der Waals surface area contributed by atoms with E-state index in [4.69, 9.17) is 5.73 Å². The Kier molecular flexibility index (Phi) is 6.33. The smallest absolute Gasteiger partial charge is 0.263 e. The first-order valence-electron chi connectivity index (χ1n) is 10.4. The highest BCUT2D eigenvalue weighted by molar-refractivity contribution is 7.21. The Morgan fingerprint density at radius 2 is 2.03 bits per heavy atom. The van der Waals surface area contributed by atoms with E-state index in [0.717, 1.165) is 35.4 Å². The molecule has 0 bridgehead atoms. The number of aromatic nitrogens is 1. The standard InChI is InChI=1S/C22H25F2N5OS/c1-2-14-3-4-15-19(25)20(31-22(15)28-14)21(30)27-6-5-13-11-17(24)18(12-16(13)23)29-9-7-26-8-10-29/h3-4,11-12,26H,2,5-10,25H2,1H3,(H,27,30). The van der Waals surface area contributed by atoms with Gasteiger partial charge in [-0.05, 0) is 36.6 Å². The van der Waals surface area contributed by atoms with Crippen molar-refractivity contribution in [1.29, 1.82) is 0 Å². The number of nitrogens with zero attached hydrogens (tertiary/aromatic N) is 2. The van der Waals surface area contributed by atoms with Crippen LogP contribution in [-0.2, 0) is 12.8 Å². The molecule has 31 heavy (non-hydrogen) atoms. The van der Waals surface area contributed by atoms with Gasteiger partial charge in [0.25, 0.3) is 5.91 Å². The maximum absolute atomic E-state index is 14.6. The number of thiophene rings is 1. The maximum Gasteiger partial charge on any atom is 0.263 e. The number of fused-ring (bicyclic) bond motifs is 1. The summed E-state index contributed by atoms with van der Waals surface area (Å²) in [5.74, 6) is -1.25. The molecule has 164 valence electrons. The Labute approximate surface area is 183 Å². The molecule has 1 aromatic carbocycles. The van der Waals surface area contributed by atoms with Crippen molar-refractivity contribution in [1.82, 2.24) is 15.6 Å². The minimum Gasteiger partial charge on any atom is -0.397 e. The van der Waals surface area contributed by atoms with Gasteiger partial charge in [-0.2, -0.15) is 0 Å². The normalized spacial score (nSPS) is 14.2. The number of benzene rings is 1. The molecule has 1 fully saturated rings. The number of pyridine rings is 1. The lowest BCUT2D eigenvalue weighted by Gasteiger charge is -2.30. The number of piperazine rings is 1. The number of rotatable bonds is 6. The molecule has 1 aliphatic heterocycles. The second-order valence-corrected chi connectivity index (χ2v) is 8.49. The molecule has 1 aliphatic rings. The van der Waals surface area contributed by atoms with Crippen molar-refractivity contribution in [3.63, 3.8) is 0 Å². The molecule has 2 aromatic heterocycles. The van der Waals surface area contributed by atoms with E-state index in [0.29, 0.717) is 23.7 Å². The van der Waals surface area contributed by atoms with Crippen LogP contribution in [0, 0.1) is 11.6 Å². The van der Waals surface area contributed by atoms with Crippen LogP contribution in [0.3, 0.4) is 0 Å². The van der Waals surface area contributed by atoms with Gasteiger partial charge >= 0.3 is 0 Å². The van der Waals surface area contributed by atoms with Crippen molar-refractivity contribution in [2.24, 2.45) is 0 Å². The fourth-order valence-corrected chi connectivity index (χ4v) is 4.74. The average molecular weight is 446 g/mol. The summed E-state index contributed by atoms with van der Waals surface area (Å²) in [5, 5.41) is 6.70. The Bertz CT molecular complexity index is 1110. The highest BCUT2D eigenvalue weighted by atomic mass is 32.1. The molecule has 0 aliphatic carbocycles. The van der Waals surface area contributed by atoms with Crippen molar-refractivity contribution < 1.29 is 13.6 Å². The van der Waals surface area contributed by atoms with Gasteiger partial charge in [0.2, 0.25) is 0 Å². The number of nitrogens with two attached hydrogens (primary N) is 1. The van der Waals surface area contributed by atoms with Gasteiger partial charge in [0.15, 0.2) is 0 Å². The van der Waals surface area contributed by atoms with E-state index in [2.05, 4.69) is 15.6 Å². The minimum absolute atomic E-state index is 0.170. The lowest BCUT2D eigenvalue weighted by atomic mass is 10.1. The number of carbonyl (C=O) groups is 1. The number of aryl methyl sites for hydroxylation is 1. The van der Waals surface area contributed by atoms with E-state index in [1.54, 1.807) is 0 Å². The van der Waals surface area contributed by atoms with Crippen LogP contribution in [-0.4, -0.2) is 43.6 Å². The number of amides is 1. The van der Waals surface area contributed by atoms with E-state index in [1.165, 1.54) is 23.5 Å². The molecule has 1 amide bonds. The monoisotopic (exact) mass is 445 g/mol. The summed E-state index contributed by atoms with van der Waals surface area (Å²) in [6.07, 6.45) is 0.976.